The summed E-state index contributed by atoms with van der Waals surface area (Å²) in [5.74, 6) is -0.352. The van der Waals surface area contributed by atoms with Gasteiger partial charge < -0.3 is 10.2 Å². The third kappa shape index (κ3) is 5.74. The zero-order valence-corrected chi connectivity index (χ0v) is 19.3. The van der Waals surface area contributed by atoms with Crippen molar-refractivity contribution in [3.05, 3.63) is 56.1 Å². The lowest BCUT2D eigenvalue weighted by Gasteiger charge is -2.24. The summed E-state index contributed by atoms with van der Waals surface area (Å²) in [7, 11) is 0. The molecule has 0 bridgehead atoms. The Labute approximate surface area is 191 Å². The van der Waals surface area contributed by atoms with Crippen LogP contribution in [-0.4, -0.2) is 50.7 Å². The van der Waals surface area contributed by atoms with E-state index in [4.69, 9.17) is 0 Å². The molecule has 172 valence electrons. The Morgan fingerprint density at radius 2 is 1.97 bits per heavy atom. The summed E-state index contributed by atoms with van der Waals surface area (Å²) in [6.07, 6.45) is 3.73. The molecular formula is C22H29N5O4S. The number of benzene rings is 1. The fourth-order valence-corrected chi connectivity index (χ4v) is 4.81. The first-order chi connectivity index (χ1) is 15.4. The summed E-state index contributed by atoms with van der Waals surface area (Å²) < 4.78 is 1.80. The van der Waals surface area contributed by atoms with Gasteiger partial charge in [-0.3, -0.25) is 19.5 Å². The molecule has 2 aromatic rings. The second-order valence-corrected chi connectivity index (χ2v) is 8.59. The number of nitrogens with zero attached hydrogens (tertiary/aromatic N) is 4. The summed E-state index contributed by atoms with van der Waals surface area (Å²) in [4.78, 5) is 42.4. The number of hydrogen-bond acceptors (Lipinski definition) is 7. The number of aromatic nitrogens is 2. The van der Waals surface area contributed by atoms with Gasteiger partial charge >= 0.3 is 5.69 Å². The normalized spacial score (nSPS) is 13.1. The van der Waals surface area contributed by atoms with Gasteiger partial charge in [-0.15, -0.1) is 0 Å². The molecule has 0 aliphatic heterocycles. The van der Waals surface area contributed by atoms with E-state index in [2.05, 4.69) is 29.0 Å². The van der Waals surface area contributed by atoms with Gasteiger partial charge in [-0.1, -0.05) is 37.7 Å². The Morgan fingerprint density at radius 3 is 2.69 bits per heavy atom. The van der Waals surface area contributed by atoms with Gasteiger partial charge in [0.05, 0.1) is 10.7 Å². The predicted molar refractivity (Wildman–Crippen MR) is 125 cm³/mol. The van der Waals surface area contributed by atoms with E-state index in [-0.39, 0.29) is 28.7 Å². The van der Waals surface area contributed by atoms with Crippen LogP contribution in [0.15, 0.2) is 34.1 Å². The van der Waals surface area contributed by atoms with Gasteiger partial charge in [0.1, 0.15) is 10.7 Å². The van der Waals surface area contributed by atoms with Crippen LogP contribution in [0, 0.1) is 10.1 Å². The maximum atomic E-state index is 12.8. The molecule has 1 N–H and O–H groups in total. The minimum Gasteiger partial charge on any atom is -0.320 e. The molecule has 32 heavy (non-hydrogen) atoms. The Balaban J connectivity index is 1.74. The maximum Gasteiger partial charge on any atom is 0.348 e. The van der Waals surface area contributed by atoms with E-state index < -0.39 is 4.92 Å². The molecule has 9 nitrogen and oxygen atoms in total. The highest BCUT2D eigenvalue weighted by molar-refractivity contribution is 8.00. The predicted octanol–water partition coefficient (Wildman–Crippen LogP) is 3.10. The van der Waals surface area contributed by atoms with Crippen LogP contribution in [0.3, 0.4) is 0 Å². The molecule has 0 radical (unpaired) electrons. The first-order valence-corrected chi connectivity index (χ1v) is 11.9. The van der Waals surface area contributed by atoms with Gasteiger partial charge in [0.25, 0.3) is 5.69 Å². The van der Waals surface area contributed by atoms with Crippen LogP contribution in [-0.2, 0) is 24.2 Å². The Bertz CT molecular complexity index is 1040. The average molecular weight is 460 g/mol. The number of hydrogen-bond donors (Lipinski definition) is 1. The number of nitro benzene ring substituents is 1. The van der Waals surface area contributed by atoms with Crippen molar-refractivity contribution in [1.82, 2.24) is 14.5 Å². The SMILES string of the molecule is CCN(CC)CCn1c2c(c(SCC(=O)Nc3ccccc3[N+](=O)[O-])nc1=O)CCCC2. The van der Waals surface area contributed by atoms with Crippen LogP contribution in [0.5, 0.6) is 0 Å². The molecule has 0 unspecified atom stereocenters. The number of thioether (sulfide) groups is 1. The summed E-state index contributed by atoms with van der Waals surface area (Å²) in [5.41, 5.74) is 1.81. The van der Waals surface area contributed by atoms with E-state index in [9.17, 15) is 19.7 Å². The number of carbonyl (C=O) groups excluding carboxylic acids is 1. The van der Waals surface area contributed by atoms with Crippen molar-refractivity contribution < 1.29 is 9.72 Å². The Hall–Kier alpha value is -2.72. The number of nitro groups is 1. The fourth-order valence-electron chi connectivity index (χ4n) is 3.94. The lowest BCUT2D eigenvalue weighted by molar-refractivity contribution is -0.383. The van der Waals surface area contributed by atoms with Crippen LogP contribution in [0.1, 0.15) is 37.9 Å². The zero-order valence-electron chi connectivity index (χ0n) is 18.5. The highest BCUT2D eigenvalue weighted by Gasteiger charge is 2.22. The summed E-state index contributed by atoms with van der Waals surface area (Å²) in [6, 6.07) is 6.02. The molecule has 3 rings (SSSR count). The molecule has 1 aliphatic carbocycles. The molecule has 10 heteroatoms. The molecule has 1 amide bonds. The Kier molecular flexibility index (Phi) is 8.40. The molecular weight excluding hydrogens is 430 g/mol. The van der Waals surface area contributed by atoms with Crippen LogP contribution in [0.4, 0.5) is 11.4 Å². The van der Waals surface area contributed by atoms with Crippen LogP contribution in [0.25, 0.3) is 0 Å². The first kappa shape index (κ1) is 23.9. The van der Waals surface area contributed by atoms with Gasteiger partial charge in [0.15, 0.2) is 0 Å². The van der Waals surface area contributed by atoms with Crippen molar-refractivity contribution in [2.24, 2.45) is 0 Å². The maximum absolute atomic E-state index is 12.8. The topological polar surface area (TPSA) is 110 Å². The first-order valence-electron chi connectivity index (χ1n) is 11.0. The Morgan fingerprint density at radius 1 is 1.25 bits per heavy atom. The monoisotopic (exact) mass is 459 g/mol. The number of likely N-dealkylation sites (N-methyl/N-ethyl adjacent to an activating group) is 1. The number of para-hydroxylation sites is 2. The van der Waals surface area contributed by atoms with E-state index >= 15 is 0 Å². The number of carbonyl (C=O) groups is 1. The van der Waals surface area contributed by atoms with E-state index in [1.54, 1.807) is 16.7 Å². The smallest absolute Gasteiger partial charge is 0.320 e. The molecule has 1 aromatic heterocycles. The largest absolute Gasteiger partial charge is 0.348 e. The fraction of sp³-hybridized carbons (Fsp3) is 0.500. The van der Waals surface area contributed by atoms with Gasteiger partial charge in [-0.05, 0) is 44.8 Å². The number of fused-ring (bicyclic) bond motifs is 1. The molecule has 1 aliphatic rings. The summed E-state index contributed by atoms with van der Waals surface area (Å²) >= 11 is 1.22. The zero-order chi connectivity index (χ0) is 23.1. The van der Waals surface area contributed by atoms with Crippen LogP contribution >= 0.6 is 11.8 Å². The lowest BCUT2D eigenvalue weighted by Crippen LogP contribution is -2.35. The molecule has 1 heterocycles. The molecule has 0 saturated heterocycles. The van der Waals surface area contributed by atoms with Gasteiger partial charge in [0, 0.05) is 30.4 Å². The highest BCUT2D eigenvalue weighted by atomic mass is 32.2. The average Bonchev–Trinajstić information content (AvgIpc) is 2.79. The van der Waals surface area contributed by atoms with Crippen molar-refractivity contribution in [1.29, 1.82) is 0 Å². The van der Waals surface area contributed by atoms with E-state index in [0.29, 0.717) is 11.6 Å². The standard InChI is InChI=1S/C22H29N5O4S/c1-3-25(4-2)13-14-26-18-11-7-5-9-16(18)21(24-22(26)29)32-15-20(28)23-17-10-6-8-12-19(17)27(30)31/h6,8,10,12H,3-5,7,9,11,13-15H2,1-2H3,(H,23,28). The highest BCUT2D eigenvalue weighted by Crippen LogP contribution is 2.29. The third-order valence-corrected chi connectivity index (χ3v) is 6.72. The van der Waals surface area contributed by atoms with Crippen molar-refractivity contribution in [3.63, 3.8) is 0 Å². The third-order valence-electron chi connectivity index (χ3n) is 5.70. The number of amides is 1. The van der Waals surface area contributed by atoms with Crippen LogP contribution < -0.4 is 11.0 Å². The minimum absolute atomic E-state index is 0.0222. The van der Waals surface area contributed by atoms with Crippen molar-refractivity contribution in [3.8, 4) is 0 Å². The molecule has 0 saturated carbocycles. The second-order valence-electron chi connectivity index (χ2n) is 7.62. The molecule has 0 atom stereocenters. The second kappa shape index (κ2) is 11.2. The van der Waals surface area contributed by atoms with Crippen LogP contribution in [0.2, 0.25) is 0 Å². The van der Waals surface area contributed by atoms with E-state index in [0.717, 1.165) is 56.6 Å². The van der Waals surface area contributed by atoms with E-state index in [1.807, 2.05) is 0 Å². The van der Waals surface area contributed by atoms with Gasteiger partial charge in [-0.2, -0.15) is 4.98 Å². The van der Waals surface area contributed by atoms with Crippen molar-refractivity contribution in [2.75, 3.05) is 30.7 Å². The summed E-state index contributed by atoms with van der Waals surface area (Å²) in [6.45, 7) is 7.49. The molecule has 1 aromatic carbocycles. The van der Waals surface area contributed by atoms with Gasteiger partial charge in [-0.25, -0.2) is 4.79 Å². The van der Waals surface area contributed by atoms with Gasteiger partial charge in [0.2, 0.25) is 5.91 Å². The number of rotatable bonds is 10. The lowest BCUT2D eigenvalue weighted by atomic mass is 9.97. The number of nitrogens with one attached hydrogen (secondary N) is 1. The number of anilines is 1. The molecule has 0 spiro atoms. The quantitative estimate of drug-likeness (QED) is 0.252. The van der Waals surface area contributed by atoms with Crippen molar-refractivity contribution >= 4 is 29.0 Å². The summed E-state index contributed by atoms with van der Waals surface area (Å²) in [5, 5.41) is 14.3. The van der Waals surface area contributed by atoms with Crippen molar-refractivity contribution in [2.45, 2.75) is 51.1 Å². The van der Waals surface area contributed by atoms with E-state index in [1.165, 1.54) is 23.9 Å². The molecule has 0 fully saturated rings. The minimum atomic E-state index is -0.529.